The van der Waals surface area contributed by atoms with E-state index in [0.717, 1.165) is 17.9 Å². The maximum absolute atomic E-state index is 12.4. The molecular weight excluding hydrogens is 308 g/mol. The molecular formula is C18H18N2O2S. The number of amides is 1. The molecule has 1 amide bonds. The number of nitrogens with zero attached hydrogens (tertiary/aromatic N) is 2. The van der Waals surface area contributed by atoms with Crippen LogP contribution >= 0.6 is 11.8 Å². The molecule has 0 saturated carbocycles. The Bertz CT molecular complexity index is 705. The molecule has 2 aliphatic rings. The first-order valence-electron chi connectivity index (χ1n) is 7.71. The lowest BCUT2D eigenvalue weighted by Gasteiger charge is -2.26. The van der Waals surface area contributed by atoms with Gasteiger partial charge in [-0.25, -0.2) is 0 Å². The highest BCUT2D eigenvalue weighted by Gasteiger charge is 2.47. The molecule has 0 aliphatic carbocycles. The topological polar surface area (TPSA) is 32.8 Å². The van der Waals surface area contributed by atoms with Crippen molar-refractivity contribution in [1.29, 1.82) is 0 Å². The third kappa shape index (κ3) is 2.50. The summed E-state index contributed by atoms with van der Waals surface area (Å²) in [6, 6.07) is 18.4. The van der Waals surface area contributed by atoms with E-state index >= 15 is 0 Å². The number of rotatable bonds is 3. The normalized spacial score (nSPS) is 24.0. The monoisotopic (exact) mass is 326 g/mol. The van der Waals surface area contributed by atoms with E-state index < -0.39 is 0 Å². The van der Waals surface area contributed by atoms with Crippen LogP contribution in [0.4, 0.5) is 0 Å². The van der Waals surface area contributed by atoms with Gasteiger partial charge in [0.1, 0.15) is 16.5 Å². The summed E-state index contributed by atoms with van der Waals surface area (Å²) in [5.41, 5.74) is 2.38. The Kier molecular flexibility index (Phi) is 3.75. The van der Waals surface area contributed by atoms with Crippen LogP contribution in [0.5, 0.6) is 5.75 Å². The van der Waals surface area contributed by atoms with Crippen molar-refractivity contribution in [3.63, 3.8) is 0 Å². The first-order valence-corrected chi connectivity index (χ1v) is 8.65. The summed E-state index contributed by atoms with van der Waals surface area (Å²) in [7, 11) is 1.66. The summed E-state index contributed by atoms with van der Waals surface area (Å²) in [5, 5.41) is 4.36. The second-order valence-electron chi connectivity index (χ2n) is 5.68. The van der Waals surface area contributed by atoms with Gasteiger partial charge in [0.2, 0.25) is 5.91 Å². The Morgan fingerprint density at radius 3 is 2.39 bits per heavy atom. The van der Waals surface area contributed by atoms with Crippen molar-refractivity contribution >= 4 is 17.7 Å². The van der Waals surface area contributed by atoms with E-state index in [4.69, 9.17) is 4.74 Å². The van der Waals surface area contributed by atoms with Gasteiger partial charge in [0.15, 0.2) is 0 Å². The number of methoxy groups -OCH3 is 1. The van der Waals surface area contributed by atoms with Gasteiger partial charge >= 0.3 is 0 Å². The summed E-state index contributed by atoms with van der Waals surface area (Å²) in [6.07, 6.45) is 0.594. The lowest BCUT2D eigenvalue weighted by molar-refractivity contribution is -0.138. The van der Waals surface area contributed by atoms with E-state index in [0.29, 0.717) is 6.42 Å². The molecule has 5 heteroatoms. The Morgan fingerprint density at radius 1 is 1.00 bits per heavy atom. The molecule has 2 heterocycles. The van der Waals surface area contributed by atoms with Gasteiger partial charge in [0.05, 0.1) is 7.11 Å². The molecule has 0 N–H and O–H groups in total. The standard InChI is InChI=1S/C18H18N2O2S/c1-22-15-9-7-14(8-10-15)18-20-16(21)11-12-19(20)17(23-18)13-5-3-2-4-6-13/h2-10,17-18H,11-12H2,1H3. The summed E-state index contributed by atoms with van der Waals surface area (Å²) in [4.78, 5) is 12.4. The van der Waals surface area contributed by atoms with E-state index in [2.05, 4.69) is 29.3 Å². The predicted molar refractivity (Wildman–Crippen MR) is 90.7 cm³/mol. The zero-order valence-electron chi connectivity index (χ0n) is 12.9. The lowest BCUT2D eigenvalue weighted by Crippen LogP contribution is -2.35. The second kappa shape index (κ2) is 5.91. The molecule has 2 atom stereocenters. The number of hydrogen-bond acceptors (Lipinski definition) is 4. The van der Waals surface area contributed by atoms with Gasteiger partial charge < -0.3 is 4.74 Å². The first-order chi connectivity index (χ1) is 11.3. The summed E-state index contributed by atoms with van der Waals surface area (Å²) >= 11 is 1.82. The van der Waals surface area contributed by atoms with Crippen molar-refractivity contribution in [2.45, 2.75) is 17.2 Å². The molecule has 0 radical (unpaired) electrons. The molecule has 2 saturated heterocycles. The molecule has 4 rings (SSSR count). The highest BCUT2D eigenvalue weighted by molar-refractivity contribution is 7.99. The average molecular weight is 326 g/mol. The fraction of sp³-hybridized carbons (Fsp3) is 0.278. The fourth-order valence-electron chi connectivity index (χ4n) is 3.18. The van der Waals surface area contributed by atoms with Gasteiger partial charge in [-0.2, -0.15) is 5.01 Å². The quantitative estimate of drug-likeness (QED) is 0.863. The number of fused-ring (bicyclic) bond motifs is 1. The van der Waals surface area contributed by atoms with Gasteiger partial charge in [-0.1, -0.05) is 42.5 Å². The fourth-order valence-corrected chi connectivity index (χ4v) is 4.75. The zero-order valence-corrected chi connectivity index (χ0v) is 13.7. The van der Waals surface area contributed by atoms with Crippen LogP contribution < -0.4 is 4.74 Å². The molecule has 4 nitrogen and oxygen atoms in total. The van der Waals surface area contributed by atoms with Gasteiger partial charge in [-0.3, -0.25) is 9.80 Å². The highest BCUT2D eigenvalue weighted by Crippen LogP contribution is 2.54. The van der Waals surface area contributed by atoms with Gasteiger partial charge in [-0.15, -0.1) is 11.8 Å². The summed E-state index contributed by atoms with van der Waals surface area (Å²) in [6.45, 7) is 0.790. The van der Waals surface area contributed by atoms with E-state index in [9.17, 15) is 4.79 Å². The molecule has 2 aromatic rings. The van der Waals surface area contributed by atoms with Gasteiger partial charge in [0, 0.05) is 13.0 Å². The van der Waals surface area contributed by atoms with E-state index in [1.165, 1.54) is 5.56 Å². The van der Waals surface area contributed by atoms with Crippen LogP contribution in [0.2, 0.25) is 0 Å². The number of carbonyl (C=O) groups excluding carboxylic acids is 1. The number of ether oxygens (including phenoxy) is 1. The lowest BCUT2D eigenvalue weighted by atomic mass is 10.2. The number of hydrazine groups is 1. The minimum atomic E-state index is 0.0288. The first kappa shape index (κ1) is 14.6. The van der Waals surface area contributed by atoms with Gasteiger partial charge in [0.25, 0.3) is 0 Å². The number of thioether (sulfide) groups is 1. The third-order valence-corrected chi connectivity index (χ3v) is 5.83. The Hall–Kier alpha value is -1.98. The SMILES string of the molecule is COc1ccc(C2SC(c3ccccc3)N3CCC(=O)N23)cc1. The van der Waals surface area contributed by atoms with E-state index in [1.54, 1.807) is 7.11 Å². The maximum atomic E-state index is 12.4. The van der Waals surface area contributed by atoms with E-state index in [-0.39, 0.29) is 16.7 Å². The van der Waals surface area contributed by atoms with Crippen molar-refractivity contribution < 1.29 is 9.53 Å². The van der Waals surface area contributed by atoms with Crippen molar-refractivity contribution in [3.05, 3.63) is 65.7 Å². The number of hydrogen-bond donors (Lipinski definition) is 0. The van der Waals surface area contributed by atoms with E-state index in [1.807, 2.05) is 47.1 Å². The smallest absolute Gasteiger partial charge is 0.239 e. The van der Waals surface area contributed by atoms with Crippen LogP contribution in [-0.2, 0) is 4.79 Å². The van der Waals surface area contributed by atoms with Crippen molar-refractivity contribution in [1.82, 2.24) is 10.0 Å². The number of benzene rings is 2. The maximum Gasteiger partial charge on any atom is 0.239 e. The van der Waals surface area contributed by atoms with Crippen LogP contribution in [0.3, 0.4) is 0 Å². The largest absolute Gasteiger partial charge is 0.497 e. The molecule has 0 aromatic heterocycles. The average Bonchev–Trinajstić information content (AvgIpc) is 3.17. The highest BCUT2D eigenvalue weighted by atomic mass is 32.2. The second-order valence-corrected chi connectivity index (χ2v) is 6.84. The Morgan fingerprint density at radius 2 is 1.70 bits per heavy atom. The van der Waals surface area contributed by atoms with Crippen LogP contribution in [0.15, 0.2) is 54.6 Å². The van der Waals surface area contributed by atoms with Crippen molar-refractivity contribution in [3.8, 4) is 5.75 Å². The van der Waals surface area contributed by atoms with Crippen LogP contribution in [0, 0.1) is 0 Å². The molecule has 2 aromatic carbocycles. The predicted octanol–water partition coefficient (Wildman–Crippen LogP) is 3.59. The third-order valence-electron chi connectivity index (χ3n) is 4.32. The molecule has 2 aliphatic heterocycles. The van der Waals surface area contributed by atoms with Crippen molar-refractivity contribution in [2.24, 2.45) is 0 Å². The minimum Gasteiger partial charge on any atom is -0.497 e. The zero-order chi connectivity index (χ0) is 15.8. The molecule has 0 spiro atoms. The summed E-state index contributed by atoms with van der Waals surface area (Å²) in [5.74, 6) is 1.04. The molecule has 0 bridgehead atoms. The summed E-state index contributed by atoms with van der Waals surface area (Å²) < 4.78 is 5.23. The van der Waals surface area contributed by atoms with Gasteiger partial charge in [-0.05, 0) is 23.3 Å². The molecule has 23 heavy (non-hydrogen) atoms. The Labute approximate surface area is 140 Å². The molecule has 2 unspecified atom stereocenters. The van der Waals surface area contributed by atoms with Crippen LogP contribution in [-0.4, -0.2) is 29.6 Å². The van der Waals surface area contributed by atoms with Crippen molar-refractivity contribution in [2.75, 3.05) is 13.7 Å². The Balaban J connectivity index is 1.68. The molecule has 118 valence electrons. The van der Waals surface area contributed by atoms with Crippen LogP contribution in [0.1, 0.15) is 28.3 Å². The number of carbonyl (C=O) groups is 1. The molecule has 2 fully saturated rings. The minimum absolute atomic E-state index is 0.0288. The van der Waals surface area contributed by atoms with Crippen LogP contribution in [0.25, 0.3) is 0 Å².